The van der Waals surface area contributed by atoms with E-state index in [9.17, 15) is 9.90 Å². The minimum atomic E-state index is -1.14. The van der Waals surface area contributed by atoms with Crippen molar-refractivity contribution in [3.05, 3.63) is 65.5 Å². The number of aliphatic carboxylic acids is 1. The quantitative estimate of drug-likeness (QED) is 0.870. The first-order chi connectivity index (χ1) is 9.58. The fourth-order valence-electron chi connectivity index (χ4n) is 2.33. The summed E-state index contributed by atoms with van der Waals surface area (Å²) in [6.07, 6.45) is 1.94. The maximum absolute atomic E-state index is 11.9. The van der Waals surface area contributed by atoms with E-state index in [1.165, 1.54) is 0 Å². The number of nitrogens with zero attached hydrogens (tertiary/aromatic N) is 1. The Morgan fingerprint density at radius 3 is 2.65 bits per heavy atom. The third kappa shape index (κ3) is 2.70. The summed E-state index contributed by atoms with van der Waals surface area (Å²) >= 11 is 0. The summed E-state index contributed by atoms with van der Waals surface area (Å²) in [5, 5.41) is 9.72. The van der Waals surface area contributed by atoms with Crippen LogP contribution < -0.4 is 5.73 Å². The SMILES string of the molecule is Cc1cccc(C(CN)(Cc2ccccn2)C(=O)O)c1. The summed E-state index contributed by atoms with van der Waals surface area (Å²) in [5.41, 5.74) is 7.15. The molecule has 3 N–H and O–H groups in total. The van der Waals surface area contributed by atoms with Gasteiger partial charge in [-0.1, -0.05) is 35.9 Å². The number of benzene rings is 1. The van der Waals surface area contributed by atoms with Crippen molar-refractivity contribution in [1.82, 2.24) is 4.98 Å². The van der Waals surface area contributed by atoms with E-state index in [-0.39, 0.29) is 13.0 Å². The second-order valence-corrected chi connectivity index (χ2v) is 4.96. The monoisotopic (exact) mass is 270 g/mol. The number of carboxylic acids is 1. The zero-order valence-corrected chi connectivity index (χ0v) is 11.4. The molecule has 0 bridgehead atoms. The number of rotatable bonds is 5. The lowest BCUT2D eigenvalue weighted by molar-refractivity contribution is -0.143. The maximum Gasteiger partial charge on any atom is 0.315 e. The van der Waals surface area contributed by atoms with Crippen molar-refractivity contribution in [2.75, 3.05) is 6.54 Å². The molecule has 0 aliphatic heterocycles. The molecule has 0 saturated carbocycles. The van der Waals surface area contributed by atoms with Crippen LogP contribution in [0.2, 0.25) is 0 Å². The van der Waals surface area contributed by atoms with Crippen LogP contribution in [-0.2, 0) is 16.6 Å². The van der Waals surface area contributed by atoms with Crippen LogP contribution in [0.3, 0.4) is 0 Å². The van der Waals surface area contributed by atoms with Crippen molar-refractivity contribution in [2.24, 2.45) is 5.73 Å². The normalized spacial score (nSPS) is 13.7. The molecule has 1 unspecified atom stereocenters. The van der Waals surface area contributed by atoms with Gasteiger partial charge in [-0.3, -0.25) is 9.78 Å². The van der Waals surface area contributed by atoms with Gasteiger partial charge < -0.3 is 10.8 Å². The van der Waals surface area contributed by atoms with Gasteiger partial charge in [-0.2, -0.15) is 0 Å². The Morgan fingerprint density at radius 1 is 1.30 bits per heavy atom. The van der Waals surface area contributed by atoms with Crippen molar-refractivity contribution >= 4 is 5.97 Å². The third-order valence-corrected chi connectivity index (χ3v) is 3.54. The van der Waals surface area contributed by atoms with Gasteiger partial charge in [0.05, 0.1) is 0 Å². The van der Waals surface area contributed by atoms with E-state index >= 15 is 0 Å². The Balaban J connectivity index is 2.48. The minimum absolute atomic E-state index is 0.0301. The van der Waals surface area contributed by atoms with Gasteiger partial charge in [-0.15, -0.1) is 0 Å². The highest BCUT2D eigenvalue weighted by atomic mass is 16.4. The molecular weight excluding hydrogens is 252 g/mol. The fourth-order valence-corrected chi connectivity index (χ4v) is 2.33. The zero-order chi connectivity index (χ0) is 14.6. The molecule has 0 spiro atoms. The van der Waals surface area contributed by atoms with Crippen molar-refractivity contribution in [3.63, 3.8) is 0 Å². The topological polar surface area (TPSA) is 76.2 Å². The molecule has 2 rings (SSSR count). The Kier molecular flexibility index (Phi) is 4.15. The molecule has 0 amide bonds. The van der Waals surface area contributed by atoms with Gasteiger partial charge in [-0.05, 0) is 24.6 Å². The number of pyridine rings is 1. The predicted molar refractivity (Wildman–Crippen MR) is 77.5 cm³/mol. The summed E-state index contributed by atoms with van der Waals surface area (Å²) in [5.74, 6) is -0.920. The zero-order valence-electron chi connectivity index (χ0n) is 11.4. The molecule has 4 heteroatoms. The lowest BCUT2D eigenvalue weighted by atomic mass is 9.76. The Bertz CT molecular complexity index is 598. The molecule has 1 heterocycles. The highest BCUT2D eigenvalue weighted by Crippen LogP contribution is 2.28. The van der Waals surface area contributed by atoms with E-state index in [4.69, 9.17) is 5.73 Å². The Morgan fingerprint density at radius 2 is 2.10 bits per heavy atom. The molecule has 1 atom stereocenters. The Hall–Kier alpha value is -2.20. The highest BCUT2D eigenvalue weighted by molar-refractivity contribution is 5.82. The molecule has 0 radical (unpaired) electrons. The molecule has 4 nitrogen and oxygen atoms in total. The fraction of sp³-hybridized carbons (Fsp3) is 0.250. The number of hydrogen-bond acceptors (Lipinski definition) is 3. The van der Waals surface area contributed by atoms with E-state index in [1.54, 1.807) is 12.3 Å². The van der Waals surface area contributed by atoms with E-state index in [2.05, 4.69) is 4.98 Å². The molecule has 104 valence electrons. The molecule has 0 saturated heterocycles. The van der Waals surface area contributed by atoms with E-state index in [0.29, 0.717) is 0 Å². The molecular formula is C16H18N2O2. The number of hydrogen-bond donors (Lipinski definition) is 2. The number of aromatic nitrogens is 1. The minimum Gasteiger partial charge on any atom is -0.481 e. The van der Waals surface area contributed by atoms with Gasteiger partial charge in [0.1, 0.15) is 5.41 Å². The van der Waals surface area contributed by atoms with E-state index in [1.807, 2.05) is 43.3 Å². The summed E-state index contributed by atoms with van der Waals surface area (Å²) < 4.78 is 0. The molecule has 2 aromatic rings. The van der Waals surface area contributed by atoms with Crippen LogP contribution in [0.15, 0.2) is 48.7 Å². The molecule has 20 heavy (non-hydrogen) atoms. The number of carboxylic acid groups (broad SMARTS) is 1. The highest BCUT2D eigenvalue weighted by Gasteiger charge is 2.39. The van der Waals surface area contributed by atoms with Crippen LogP contribution in [0.1, 0.15) is 16.8 Å². The average molecular weight is 270 g/mol. The standard InChI is InChI=1S/C16H18N2O2/c1-12-5-4-6-13(9-12)16(11-17,15(19)20)10-14-7-2-3-8-18-14/h2-9H,10-11,17H2,1H3,(H,19,20). The van der Waals surface area contributed by atoms with Crippen LogP contribution in [0.4, 0.5) is 0 Å². The summed E-state index contributed by atoms with van der Waals surface area (Å²) in [6, 6.07) is 13.0. The van der Waals surface area contributed by atoms with Crippen molar-refractivity contribution < 1.29 is 9.90 Å². The number of aryl methyl sites for hydroxylation is 1. The van der Waals surface area contributed by atoms with Crippen LogP contribution in [0.5, 0.6) is 0 Å². The van der Waals surface area contributed by atoms with Gasteiger partial charge in [0.25, 0.3) is 0 Å². The van der Waals surface area contributed by atoms with E-state index < -0.39 is 11.4 Å². The smallest absolute Gasteiger partial charge is 0.315 e. The second-order valence-electron chi connectivity index (χ2n) is 4.96. The van der Waals surface area contributed by atoms with Crippen molar-refractivity contribution in [1.29, 1.82) is 0 Å². The van der Waals surface area contributed by atoms with Gasteiger partial charge in [0.15, 0.2) is 0 Å². The summed E-state index contributed by atoms with van der Waals surface area (Å²) in [7, 11) is 0. The van der Waals surface area contributed by atoms with Crippen molar-refractivity contribution in [3.8, 4) is 0 Å². The van der Waals surface area contributed by atoms with Gasteiger partial charge in [0, 0.05) is 24.9 Å². The first-order valence-electron chi connectivity index (χ1n) is 6.49. The molecule has 1 aromatic carbocycles. The van der Waals surface area contributed by atoms with Gasteiger partial charge in [-0.25, -0.2) is 0 Å². The van der Waals surface area contributed by atoms with Gasteiger partial charge in [0.2, 0.25) is 0 Å². The lowest BCUT2D eigenvalue weighted by Crippen LogP contribution is -2.45. The first kappa shape index (κ1) is 14.2. The average Bonchev–Trinajstić information content (AvgIpc) is 2.45. The second kappa shape index (κ2) is 5.84. The van der Waals surface area contributed by atoms with Crippen molar-refractivity contribution in [2.45, 2.75) is 18.8 Å². The molecule has 0 aliphatic carbocycles. The summed E-state index contributed by atoms with van der Waals surface area (Å²) in [6.45, 7) is 1.97. The molecule has 0 aliphatic rings. The number of carbonyl (C=O) groups is 1. The molecule has 0 fully saturated rings. The van der Waals surface area contributed by atoms with Gasteiger partial charge >= 0.3 is 5.97 Å². The van der Waals surface area contributed by atoms with E-state index in [0.717, 1.165) is 16.8 Å². The van der Waals surface area contributed by atoms with Crippen LogP contribution in [0, 0.1) is 6.92 Å². The third-order valence-electron chi connectivity index (χ3n) is 3.54. The van der Waals surface area contributed by atoms with Crippen LogP contribution in [-0.4, -0.2) is 22.6 Å². The van der Waals surface area contributed by atoms with Crippen LogP contribution in [0.25, 0.3) is 0 Å². The Labute approximate surface area is 118 Å². The predicted octanol–water partition coefficient (Wildman–Crippen LogP) is 1.91. The molecule has 1 aromatic heterocycles. The lowest BCUT2D eigenvalue weighted by Gasteiger charge is -2.28. The maximum atomic E-state index is 11.9. The largest absolute Gasteiger partial charge is 0.481 e. The first-order valence-corrected chi connectivity index (χ1v) is 6.49. The summed E-state index contributed by atoms with van der Waals surface area (Å²) in [4.78, 5) is 16.1. The van der Waals surface area contributed by atoms with Crippen LogP contribution >= 0.6 is 0 Å². The number of nitrogens with two attached hydrogens (primary N) is 1.